The number of ether oxygens (including phenoxy) is 1. The lowest BCUT2D eigenvalue weighted by molar-refractivity contribution is -0.137. The van der Waals surface area contributed by atoms with Crippen molar-refractivity contribution < 1.29 is 14.6 Å². The molecule has 0 spiro atoms. The number of carboxylic acid groups (broad SMARTS) is 1. The Morgan fingerprint density at radius 1 is 1.03 bits per heavy atom. The summed E-state index contributed by atoms with van der Waals surface area (Å²) in [6.45, 7) is 7.20. The molecule has 0 aliphatic rings. The Kier molecular flexibility index (Phi) is 7.26. The van der Waals surface area contributed by atoms with E-state index >= 15 is 0 Å². The van der Waals surface area contributed by atoms with Crippen LogP contribution in [0.25, 0.3) is 11.1 Å². The number of aryl methyl sites for hydroxylation is 1. The fourth-order valence-electron chi connectivity index (χ4n) is 3.54. The van der Waals surface area contributed by atoms with Gasteiger partial charge in [-0.2, -0.15) is 0 Å². The number of carbonyl (C=O) groups is 1. The van der Waals surface area contributed by atoms with Gasteiger partial charge in [-0.1, -0.05) is 60.7 Å². The molecule has 0 amide bonds. The van der Waals surface area contributed by atoms with Gasteiger partial charge in [0.15, 0.2) is 0 Å². The summed E-state index contributed by atoms with van der Waals surface area (Å²) < 4.78 is 6.13. The highest BCUT2D eigenvalue weighted by molar-refractivity contribution is 5.68. The van der Waals surface area contributed by atoms with Crippen LogP contribution in [-0.2, 0) is 17.9 Å². The standard InChI is InChI=1S/C26H29NO3/c1-18-14-21(16-27-19(2)15-26(28)29)12-13-25(18)30-17-23-10-7-11-24(20(23)3)22-8-5-4-6-9-22/h4-14,19,27H,15-17H2,1-3H3,(H,28,29). The summed E-state index contributed by atoms with van der Waals surface area (Å²) in [6, 6.07) is 22.8. The quantitative estimate of drug-likeness (QED) is 0.495. The molecule has 0 heterocycles. The highest BCUT2D eigenvalue weighted by Crippen LogP contribution is 2.27. The van der Waals surface area contributed by atoms with E-state index in [0.29, 0.717) is 13.2 Å². The Balaban J connectivity index is 1.64. The molecule has 1 unspecified atom stereocenters. The molecule has 3 aromatic carbocycles. The molecule has 0 aliphatic heterocycles. The molecule has 3 rings (SSSR count). The van der Waals surface area contributed by atoms with E-state index in [1.807, 2.05) is 32.0 Å². The van der Waals surface area contributed by atoms with Gasteiger partial charge in [-0.3, -0.25) is 4.79 Å². The monoisotopic (exact) mass is 403 g/mol. The number of hydrogen-bond donors (Lipinski definition) is 2. The number of nitrogens with one attached hydrogen (secondary N) is 1. The van der Waals surface area contributed by atoms with E-state index in [1.165, 1.54) is 22.3 Å². The van der Waals surface area contributed by atoms with Gasteiger partial charge in [0.25, 0.3) is 0 Å². The molecule has 0 radical (unpaired) electrons. The van der Waals surface area contributed by atoms with Crippen LogP contribution >= 0.6 is 0 Å². The van der Waals surface area contributed by atoms with Gasteiger partial charge in [0.05, 0.1) is 6.42 Å². The van der Waals surface area contributed by atoms with Crippen LogP contribution in [0.5, 0.6) is 5.75 Å². The molecule has 0 bridgehead atoms. The van der Waals surface area contributed by atoms with Crippen LogP contribution in [-0.4, -0.2) is 17.1 Å². The second-order valence-corrected chi connectivity index (χ2v) is 7.72. The third kappa shape index (κ3) is 5.71. The minimum Gasteiger partial charge on any atom is -0.489 e. The number of aliphatic carboxylic acids is 1. The van der Waals surface area contributed by atoms with Gasteiger partial charge < -0.3 is 15.2 Å². The fraction of sp³-hybridized carbons (Fsp3) is 0.269. The van der Waals surface area contributed by atoms with E-state index < -0.39 is 5.97 Å². The summed E-state index contributed by atoms with van der Waals surface area (Å²) in [5.74, 6) is 0.0726. The van der Waals surface area contributed by atoms with Crippen molar-refractivity contribution >= 4 is 5.97 Å². The maximum absolute atomic E-state index is 10.8. The first-order valence-corrected chi connectivity index (χ1v) is 10.3. The van der Waals surface area contributed by atoms with Gasteiger partial charge >= 0.3 is 5.97 Å². The normalized spacial score (nSPS) is 11.8. The zero-order valence-electron chi connectivity index (χ0n) is 17.8. The van der Waals surface area contributed by atoms with Crippen LogP contribution in [0, 0.1) is 13.8 Å². The van der Waals surface area contributed by atoms with Gasteiger partial charge in [-0.05, 0) is 60.2 Å². The third-order valence-corrected chi connectivity index (χ3v) is 5.29. The summed E-state index contributed by atoms with van der Waals surface area (Å²) in [6.07, 6.45) is 0.113. The summed E-state index contributed by atoms with van der Waals surface area (Å²) >= 11 is 0. The van der Waals surface area contributed by atoms with E-state index in [0.717, 1.165) is 16.9 Å². The van der Waals surface area contributed by atoms with Gasteiger partial charge in [0.1, 0.15) is 12.4 Å². The van der Waals surface area contributed by atoms with Crippen molar-refractivity contribution in [2.24, 2.45) is 0 Å². The van der Waals surface area contributed by atoms with Crippen molar-refractivity contribution in [1.29, 1.82) is 0 Å². The summed E-state index contributed by atoms with van der Waals surface area (Å²) in [5.41, 5.74) is 7.02. The van der Waals surface area contributed by atoms with Crippen molar-refractivity contribution in [1.82, 2.24) is 5.32 Å². The molecule has 0 saturated heterocycles. The van der Waals surface area contributed by atoms with Crippen molar-refractivity contribution in [3.63, 3.8) is 0 Å². The molecule has 3 aromatic rings. The van der Waals surface area contributed by atoms with Crippen LogP contribution in [0.15, 0.2) is 66.7 Å². The maximum atomic E-state index is 10.8. The molecule has 4 heteroatoms. The van der Waals surface area contributed by atoms with Gasteiger partial charge in [-0.25, -0.2) is 0 Å². The van der Waals surface area contributed by atoms with Crippen LogP contribution in [0.4, 0.5) is 0 Å². The van der Waals surface area contributed by atoms with Crippen molar-refractivity contribution in [3.8, 4) is 16.9 Å². The zero-order chi connectivity index (χ0) is 21.5. The summed E-state index contributed by atoms with van der Waals surface area (Å²) in [4.78, 5) is 10.8. The van der Waals surface area contributed by atoms with Crippen LogP contribution in [0.1, 0.15) is 35.6 Å². The number of hydrogen-bond acceptors (Lipinski definition) is 3. The molecule has 30 heavy (non-hydrogen) atoms. The topological polar surface area (TPSA) is 58.6 Å². The molecule has 2 N–H and O–H groups in total. The van der Waals surface area contributed by atoms with Crippen molar-refractivity contribution in [2.75, 3.05) is 0 Å². The zero-order valence-corrected chi connectivity index (χ0v) is 17.8. The average Bonchev–Trinajstić information content (AvgIpc) is 2.72. The highest BCUT2D eigenvalue weighted by Gasteiger charge is 2.09. The molecular formula is C26H29NO3. The molecule has 0 fully saturated rings. The lowest BCUT2D eigenvalue weighted by Crippen LogP contribution is -2.27. The van der Waals surface area contributed by atoms with E-state index in [4.69, 9.17) is 9.84 Å². The Morgan fingerprint density at radius 2 is 1.80 bits per heavy atom. The Morgan fingerprint density at radius 3 is 2.50 bits per heavy atom. The number of rotatable bonds is 9. The molecular weight excluding hydrogens is 374 g/mol. The largest absolute Gasteiger partial charge is 0.489 e. The first-order valence-electron chi connectivity index (χ1n) is 10.3. The minimum atomic E-state index is -0.790. The van der Waals surface area contributed by atoms with Crippen LogP contribution < -0.4 is 10.1 Å². The molecule has 4 nitrogen and oxygen atoms in total. The summed E-state index contributed by atoms with van der Waals surface area (Å²) in [7, 11) is 0. The SMILES string of the molecule is Cc1cc(CNC(C)CC(=O)O)ccc1OCc1cccc(-c2ccccc2)c1C. The molecule has 1 atom stereocenters. The highest BCUT2D eigenvalue weighted by atomic mass is 16.5. The Hall–Kier alpha value is -3.11. The van der Waals surface area contributed by atoms with Gasteiger partial charge in [0, 0.05) is 12.6 Å². The van der Waals surface area contributed by atoms with E-state index in [2.05, 4.69) is 60.8 Å². The first kappa shape index (κ1) is 21.6. The smallest absolute Gasteiger partial charge is 0.304 e. The minimum absolute atomic E-state index is 0.0707. The third-order valence-electron chi connectivity index (χ3n) is 5.29. The van der Waals surface area contributed by atoms with Crippen molar-refractivity contribution in [2.45, 2.75) is 46.4 Å². The number of benzene rings is 3. The predicted octanol–water partition coefficient (Wildman–Crippen LogP) is 5.50. The Labute approximate surface area is 178 Å². The summed E-state index contributed by atoms with van der Waals surface area (Å²) in [5, 5.41) is 12.1. The second kappa shape index (κ2) is 10.1. The van der Waals surface area contributed by atoms with E-state index in [1.54, 1.807) is 0 Å². The molecule has 0 aromatic heterocycles. The lowest BCUT2D eigenvalue weighted by Gasteiger charge is -2.15. The first-order chi connectivity index (χ1) is 14.4. The van der Waals surface area contributed by atoms with E-state index in [9.17, 15) is 4.79 Å². The molecule has 0 aliphatic carbocycles. The lowest BCUT2D eigenvalue weighted by atomic mass is 9.97. The van der Waals surface area contributed by atoms with Gasteiger partial charge in [-0.15, -0.1) is 0 Å². The molecule has 0 saturated carbocycles. The van der Waals surface area contributed by atoms with Crippen molar-refractivity contribution in [3.05, 3.63) is 89.0 Å². The maximum Gasteiger partial charge on any atom is 0.304 e. The average molecular weight is 404 g/mol. The predicted molar refractivity (Wildman–Crippen MR) is 121 cm³/mol. The van der Waals surface area contributed by atoms with Gasteiger partial charge in [0.2, 0.25) is 0 Å². The number of carboxylic acids is 1. The Bertz CT molecular complexity index is 998. The second-order valence-electron chi connectivity index (χ2n) is 7.72. The fourth-order valence-corrected chi connectivity index (χ4v) is 3.54. The van der Waals surface area contributed by atoms with E-state index in [-0.39, 0.29) is 12.5 Å². The molecule has 156 valence electrons. The van der Waals surface area contributed by atoms with Crippen LogP contribution in [0.3, 0.4) is 0 Å². The van der Waals surface area contributed by atoms with Crippen LogP contribution in [0.2, 0.25) is 0 Å².